The molecule has 0 amide bonds. The van der Waals surface area contributed by atoms with Crippen molar-refractivity contribution in [1.29, 1.82) is 0 Å². The first-order valence-electron chi connectivity index (χ1n) is 3.88. The van der Waals surface area contributed by atoms with Crippen LogP contribution in [0.4, 0.5) is 17.6 Å². The number of halogens is 4. The molecule has 0 saturated carbocycles. The van der Waals surface area contributed by atoms with E-state index in [0.29, 0.717) is 0 Å². The summed E-state index contributed by atoms with van der Waals surface area (Å²) in [5.74, 6) is -3.53. The molecule has 0 aromatic carbocycles. The van der Waals surface area contributed by atoms with Crippen molar-refractivity contribution < 1.29 is 22.3 Å². The molecule has 0 N–H and O–H groups in total. The zero-order valence-corrected chi connectivity index (χ0v) is 7.33. The first kappa shape index (κ1) is 12.4. The summed E-state index contributed by atoms with van der Waals surface area (Å²) in [6.45, 7) is 4.15. The van der Waals surface area contributed by atoms with E-state index in [1.807, 2.05) is 0 Å². The van der Waals surface area contributed by atoms with Crippen LogP contribution in [-0.2, 0) is 4.74 Å². The zero-order chi connectivity index (χ0) is 10.5. The van der Waals surface area contributed by atoms with Crippen LogP contribution < -0.4 is 0 Å². The lowest BCUT2D eigenvalue weighted by Crippen LogP contribution is -2.43. The fraction of sp³-hybridized carbons (Fsp3) is 0.750. The third-order valence-electron chi connectivity index (χ3n) is 1.42. The Hall–Kier alpha value is -0.580. The second kappa shape index (κ2) is 4.60. The highest BCUT2D eigenvalue weighted by Crippen LogP contribution is 2.38. The quantitative estimate of drug-likeness (QED) is 0.489. The molecule has 0 aromatic rings. The third kappa shape index (κ3) is 3.34. The Balaban J connectivity index is 4.42. The maximum absolute atomic E-state index is 13.1. The number of hydrogen-bond acceptors (Lipinski definition) is 1. The molecule has 0 aromatic heterocycles. The van der Waals surface area contributed by atoms with Crippen LogP contribution in [0.25, 0.3) is 0 Å². The topological polar surface area (TPSA) is 9.23 Å². The van der Waals surface area contributed by atoms with Crippen molar-refractivity contribution >= 4 is 0 Å². The molecule has 0 bridgehead atoms. The van der Waals surface area contributed by atoms with Crippen LogP contribution in [-0.4, -0.2) is 18.6 Å². The van der Waals surface area contributed by atoms with E-state index in [9.17, 15) is 17.6 Å². The van der Waals surface area contributed by atoms with Crippen LogP contribution in [0.15, 0.2) is 12.7 Å². The fourth-order valence-corrected chi connectivity index (χ4v) is 0.808. The minimum Gasteiger partial charge on any atom is -0.335 e. The second-order valence-corrected chi connectivity index (χ2v) is 2.58. The second-order valence-electron chi connectivity index (χ2n) is 2.58. The molecular weight excluding hydrogens is 188 g/mol. The number of hydrogen-bond donors (Lipinski definition) is 0. The standard InChI is InChI=1S/C8H12F4O/c1-3-5-7(9,8(10,11)12)13-6-4-2/h4H,2-3,5-6H2,1H3. The van der Waals surface area contributed by atoms with Gasteiger partial charge in [-0.1, -0.05) is 19.4 Å². The number of rotatable bonds is 5. The van der Waals surface area contributed by atoms with Crippen molar-refractivity contribution in [2.45, 2.75) is 31.8 Å². The average molecular weight is 200 g/mol. The predicted octanol–water partition coefficient (Wildman–Crippen LogP) is 3.22. The Morgan fingerprint density at radius 1 is 1.31 bits per heavy atom. The Kier molecular flexibility index (Phi) is 4.39. The van der Waals surface area contributed by atoms with Gasteiger partial charge >= 0.3 is 12.0 Å². The molecule has 5 heteroatoms. The molecule has 78 valence electrons. The van der Waals surface area contributed by atoms with Gasteiger partial charge in [0.15, 0.2) is 0 Å². The molecule has 1 atom stereocenters. The molecule has 0 rings (SSSR count). The highest BCUT2D eigenvalue weighted by Gasteiger charge is 2.56. The molecule has 0 aliphatic carbocycles. The van der Waals surface area contributed by atoms with Crippen molar-refractivity contribution in [3.8, 4) is 0 Å². The van der Waals surface area contributed by atoms with Crippen LogP contribution in [0.2, 0.25) is 0 Å². The molecule has 0 fully saturated rings. The molecule has 0 saturated heterocycles. The van der Waals surface area contributed by atoms with Crippen LogP contribution in [0.3, 0.4) is 0 Å². The maximum atomic E-state index is 13.1. The van der Waals surface area contributed by atoms with E-state index in [4.69, 9.17) is 0 Å². The molecule has 0 aliphatic rings. The van der Waals surface area contributed by atoms with Crippen LogP contribution in [0, 0.1) is 0 Å². The average Bonchev–Trinajstić information content (AvgIpc) is 1.99. The normalized spacial score (nSPS) is 16.7. The van der Waals surface area contributed by atoms with Gasteiger partial charge in [-0.3, -0.25) is 0 Å². The summed E-state index contributed by atoms with van der Waals surface area (Å²) in [5, 5.41) is 0. The Labute approximate surface area is 74.4 Å². The maximum Gasteiger partial charge on any atom is 0.448 e. The van der Waals surface area contributed by atoms with Crippen molar-refractivity contribution in [1.82, 2.24) is 0 Å². The Morgan fingerprint density at radius 3 is 2.15 bits per heavy atom. The van der Waals surface area contributed by atoms with Gasteiger partial charge in [0.25, 0.3) is 0 Å². The zero-order valence-electron chi connectivity index (χ0n) is 7.33. The monoisotopic (exact) mass is 200 g/mol. The minimum absolute atomic E-state index is 0.0627. The van der Waals surface area contributed by atoms with Crippen molar-refractivity contribution in [2.75, 3.05) is 6.61 Å². The lowest BCUT2D eigenvalue weighted by Gasteiger charge is -2.26. The highest BCUT2D eigenvalue weighted by molar-refractivity contribution is 4.79. The molecular formula is C8H12F4O. The first-order chi connectivity index (χ1) is 5.87. The van der Waals surface area contributed by atoms with E-state index in [2.05, 4.69) is 11.3 Å². The summed E-state index contributed by atoms with van der Waals surface area (Å²) in [5.41, 5.74) is 0. The van der Waals surface area contributed by atoms with Gasteiger partial charge in [0.05, 0.1) is 6.61 Å². The molecule has 1 unspecified atom stereocenters. The minimum atomic E-state index is -4.98. The van der Waals surface area contributed by atoms with Gasteiger partial charge in [-0.2, -0.15) is 13.2 Å². The molecule has 0 heterocycles. The van der Waals surface area contributed by atoms with Gasteiger partial charge in [-0.05, 0) is 0 Å². The van der Waals surface area contributed by atoms with Gasteiger partial charge in [-0.25, -0.2) is 4.39 Å². The summed E-state index contributed by atoms with van der Waals surface area (Å²) in [7, 11) is 0. The van der Waals surface area contributed by atoms with E-state index in [1.165, 1.54) is 6.92 Å². The molecule has 1 nitrogen and oxygen atoms in total. The van der Waals surface area contributed by atoms with Crippen LogP contribution in [0.5, 0.6) is 0 Å². The smallest absolute Gasteiger partial charge is 0.335 e. The molecule has 0 radical (unpaired) electrons. The predicted molar refractivity (Wildman–Crippen MR) is 41.0 cm³/mol. The summed E-state index contributed by atoms with van der Waals surface area (Å²) < 4.78 is 53.4. The van der Waals surface area contributed by atoms with Gasteiger partial charge in [0.2, 0.25) is 0 Å². The van der Waals surface area contributed by atoms with E-state index < -0.39 is 25.1 Å². The fourth-order valence-electron chi connectivity index (χ4n) is 0.808. The first-order valence-corrected chi connectivity index (χ1v) is 3.88. The van der Waals surface area contributed by atoms with E-state index >= 15 is 0 Å². The largest absolute Gasteiger partial charge is 0.448 e. The van der Waals surface area contributed by atoms with Gasteiger partial charge in [-0.15, -0.1) is 6.58 Å². The van der Waals surface area contributed by atoms with Crippen molar-refractivity contribution in [3.63, 3.8) is 0 Å². The summed E-state index contributed by atoms with van der Waals surface area (Å²) in [4.78, 5) is 0. The third-order valence-corrected chi connectivity index (χ3v) is 1.42. The molecule has 0 aliphatic heterocycles. The van der Waals surface area contributed by atoms with Crippen LogP contribution >= 0.6 is 0 Å². The van der Waals surface area contributed by atoms with E-state index in [1.54, 1.807) is 0 Å². The van der Waals surface area contributed by atoms with E-state index in [0.717, 1.165) is 6.08 Å². The number of alkyl halides is 4. The van der Waals surface area contributed by atoms with Crippen molar-refractivity contribution in [2.24, 2.45) is 0 Å². The SMILES string of the molecule is C=CCOC(F)(CCC)C(F)(F)F. The Bertz CT molecular complexity index is 166. The van der Waals surface area contributed by atoms with Gasteiger partial charge < -0.3 is 4.74 Å². The van der Waals surface area contributed by atoms with Crippen molar-refractivity contribution in [3.05, 3.63) is 12.7 Å². The molecule has 13 heavy (non-hydrogen) atoms. The summed E-state index contributed by atoms with van der Waals surface area (Å²) in [6, 6.07) is 0. The Morgan fingerprint density at radius 2 is 1.85 bits per heavy atom. The number of ether oxygens (including phenoxy) is 1. The molecule has 0 spiro atoms. The van der Waals surface area contributed by atoms with Crippen LogP contribution in [0.1, 0.15) is 19.8 Å². The summed E-state index contributed by atoms with van der Waals surface area (Å²) >= 11 is 0. The lowest BCUT2D eigenvalue weighted by molar-refractivity contribution is -0.332. The van der Waals surface area contributed by atoms with Gasteiger partial charge in [0.1, 0.15) is 0 Å². The summed E-state index contributed by atoms with van der Waals surface area (Å²) in [6.07, 6.45) is -4.53. The van der Waals surface area contributed by atoms with E-state index in [-0.39, 0.29) is 6.42 Å². The lowest BCUT2D eigenvalue weighted by atomic mass is 10.1. The van der Waals surface area contributed by atoms with Gasteiger partial charge in [0, 0.05) is 6.42 Å². The highest BCUT2D eigenvalue weighted by atomic mass is 19.4.